The van der Waals surface area contributed by atoms with Gasteiger partial charge in [-0.05, 0) is 50.5 Å². The van der Waals surface area contributed by atoms with E-state index in [2.05, 4.69) is 62.3 Å². The average Bonchev–Trinajstić information content (AvgIpc) is 3.21. The lowest BCUT2D eigenvalue weighted by molar-refractivity contribution is 0.405. The first-order valence-electron chi connectivity index (χ1n) is 9.74. The number of nitrogens with zero attached hydrogens (tertiary/aromatic N) is 4. The highest BCUT2D eigenvalue weighted by Gasteiger charge is 2.17. The van der Waals surface area contributed by atoms with Gasteiger partial charge in [-0.15, -0.1) is 5.10 Å². The maximum Gasteiger partial charge on any atom is 0.199 e. The zero-order valence-electron chi connectivity index (χ0n) is 17.0. The number of para-hydroxylation sites is 1. The Balaban J connectivity index is 1.82. The van der Waals surface area contributed by atoms with Gasteiger partial charge in [0.05, 0.1) is 11.4 Å². The molecule has 0 spiro atoms. The summed E-state index contributed by atoms with van der Waals surface area (Å²) in [7, 11) is 0. The Morgan fingerprint density at radius 1 is 1.00 bits per heavy atom. The van der Waals surface area contributed by atoms with Crippen LogP contribution in [0.1, 0.15) is 50.9 Å². The number of hydrogen-bond acceptors (Lipinski definition) is 3. The van der Waals surface area contributed by atoms with Crippen molar-refractivity contribution in [3.8, 4) is 22.8 Å². The number of aromatic nitrogens is 4. The van der Waals surface area contributed by atoms with E-state index < -0.39 is 0 Å². The number of benzene rings is 2. The Kier molecular flexibility index (Phi) is 4.46. The monoisotopic (exact) mass is 374 g/mol. The first-order valence-corrected chi connectivity index (χ1v) is 9.74. The molecule has 5 nitrogen and oxygen atoms in total. The molecule has 144 valence electrons. The van der Waals surface area contributed by atoms with Crippen molar-refractivity contribution in [2.24, 2.45) is 0 Å². The van der Waals surface area contributed by atoms with Gasteiger partial charge in [-0.1, -0.05) is 43.3 Å². The molecular formula is C23H26N4O. The smallest absolute Gasteiger partial charge is 0.199 e. The molecule has 4 aromatic rings. The van der Waals surface area contributed by atoms with Crippen molar-refractivity contribution >= 4 is 10.8 Å². The van der Waals surface area contributed by atoms with Gasteiger partial charge < -0.3 is 9.67 Å². The topological polar surface area (TPSA) is 55.9 Å². The van der Waals surface area contributed by atoms with E-state index in [1.165, 1.54) is 5.56 Å². The molecule has 0 atom stereocenters. The molecule has 4 rings (SSSR count). The standard InChI is InChI=1S/C23H26N4O/c1-14(2)19-8-6-7-9-21(19)27-16(5)22(24-25-27)17-10-11-20-18(12-17)13-26(15(3)4)23(20)28/h6-15,28H,1-5H3. The first kappa shape index (κ1) is 18.3. The zero-order valence-corrected chi connectivity index (χ0v) is 17.0. The van der Waals surface area contributed by atoms with Crippen molar-refractivity contribution in [2.75, 3.05) is 0 Å². The van der Waals surface area contributed by atoms with E-state index in [0.29, 0.717) is 11.8 Å². The molecule has 0 radical (unpaired) electrons. The van der Waals surface area contributed by atoms with Crippen molar-refractivity contribution in [1.82, 2.24) is 19.6 Å². The zero-order chi connectivity index (χ0) is 20.0. The van der Waals surface area contributed by atoms with Crippen LogP contribution in [-0.2, 0) is 0 Å². The third-order valence-corrected chi connectivity index (χ3v) is 5.33. The molecule has 0 aliphatic carbocycles. The van der Waals surface area contributed by atoms with E-state index >= 15 is 0 Å². The predicted octanol–water partition coefficient (Wildman–Crippen LogP) is 5.61. The normalized spacial score (nSPS) is 11.8. The molecule has 2 aromatic carbocycles. The Morgan fingerprint density at radius 2 is 1.75 bits per heavy atom. The molecule has 0 aliphatic rings. The molecule has 2 aromatic heterocycles. The minimum absolute atomic E-state index is 0.200. The van der Waals surface area contributed by atoms with E-state index in [1.807, 2.05) is 40.6 Å². The van der Waals surface area contributed by atoms with Gasteiger partial charge in [-0.25, -0.2) is 4.68 Å². The summed E-state index contributed by atoms with van der Waals surface area (Å²) in [4.78, 5) is 0. The van der Waals surface area contributed by atoms with Crippen molar-refractivity contribution in [2.45, 2.75) is 46.6 Å². The number of fused-ring (bicyclic) bond motifs is 1. The maximum atomic E-state index is 10.4. The van der Waals surface area contributed by atoms with Gasteiger partial charge in [0.25, 0.3) is 0 Å². The summed E-state index contributed by atoms with van der Waals surface area (Å²) < 4.78 is 3.81. The molecule has 5 heteroatoms. The fraction of sp³-hybridized carbons (Fsp3) is 0.304. The Labute approximate surface area is 165 Å². The highest BCUT2D eigenvalue weighted by molar-refractivity contribution is 5.91. The minimum Gasteiger partial charge on any atom is -0.494 e. The summed E-state index contributed by atoms with van der Waals surface area (Å²) in [6.45, 7) is 10.5. The van der Waals surface area contributed by atoms with Crippen LogP contribution < -0.4 is 0 Å². The van der Waals surface area contributed by atoms with E-state index in [1.54, 1.807) is 0 Å². The summed E-state index contributed by atoms with van der Waals surface area (Å²) in [5, 5.41) is 21.2. The minimum atomic E-state index is 0.200. The lowest BCUT2D eigenvalue weighted by atomic mass is 10.0. The van der Waals surface area contributed by atoms with Crippen LogP contribution in [0.15, 0.2) is 48.7 Å². The van der Waals surface area contributed by atoms with Crippen LogP contribution in [0.5, 0.6) is 5.88 Å². The summed E-state index contributed by atoms with van der Waals surface area (Å²) >= 11 is 0. The predicted molar refractivity (Wildman–Crippen MR) is 113 cm³/mol. The maximum absolute atomic E-state index is 10.4. The summed E-state index contributed by atoms with van der Waals surface area (Å²) in [5.74, 6) is 0.709. The van der Waals surface area contributed by atoms with Crippen molar-refractivity contribution < 1.29 is 5.11 Å². The fourth-order valence-electron chi connectivity index (χ4n) is 3.76. The van der Waals surface area contributed by atoms with Gasteiger partial charge in [0, 0.05) is 28.6 Å². The fourth-order valence-corrected chi connectivity index (χ4v) is 3.76. The van der Waals surface area contributed by atoms with E-state index in [9.17, 15) is 5.11 Å². The average molecular weight is 374 g/mol. The molecule has 0 bridgehead atoms. The van der Waals surface area contributed by atoms with Crippen LogP contribution in [0.3, 0.4) is 0 Å². The highest BCUT2D eigenvalue weighted by atomic mass is 16.3. The molecule has 28 heavy (non-hydrogen) atoms. The third kappa shape index (κ3) is 2.87. The SMILES string of the molecule is Cc1c(-c2ccc3c(O)n(C(C)C)cc3c2)nnn1-c1ccccc1C(C)C. The van der Waals surface area contributed by atoms with Gasteiger partial charge in [-0.2, -0.15) is 0 Å². The van der Waals surface area contributed by atoms with Crippen LogP contribution in [-0.4, -0.2) is 24.7 Å². The quantitative estimate of drug-likeness (QED) is 0.505. The van der Waals surface area contributed by atoms with Gasteiger partial charge in [0.2, 0.25) is 0 Å². The first-order chi connectivity index (χ1) is 13.4. The molecule has 0 unspecified atom stereocenters. The van der Waals surface area contributed by atoms with Gasteiger partial charge in [-0.3, -0.25) is 0 Å². The van der Waals surface area contributed by atoms with Gasteiger partial charge in [0.1, 0.15) is 5.69 Å². The largest absolute Gasteiger partial charge is 0.494 e. The summed E-state index contributed by atoms with van der Waals surface area (Å²) in [5.41, 5.74) is 5.17. The molecule has 0 amide bonds. The van der Waals surface area contributed by atoms with Gasteiger partial charge >= 0.3 is 0 Å². The van der Waals surface area contributed by atoms with Crippen LogP contribution in [0, 0.1) is 6.92 Å². The molecule has 2 heterocycles. The Hall–Kier alpha value is -3.08. The van der Waals surface area contributed by atoms with E-state index in [4.69, 9.17) is 0 Å². The van der Waals surface area contributed by atoms with Gasteiger partial charge in [0.15, 0.2) is 5.88 Å². The van der Waals surface area contributed by atoms with Crippen LogP contribution >= 0.6 is 0 Å². The third-order valence-electron chi connectivity index (χ3n) is 5.33. The Bertz CT molecular complexity index is 1150. The number of aromatic hydroxyl groups is 1. The second-order valence-electron chi connectivity index (χ2n) is 7.90. The highest BCUT2D eigenvalue weighted by Crippen LogP contribution is 2.34. The van der Waals surface area contributed by atoms with Crippen LogP contribution in [0.4, 0.5) is 0 Å². The molecular weight excluding hydrogens is 348 g/mol. The second-order valence-corrected chi connectivity index (χ2v) is 7.90. The molecule has 0 fully saturated rings. The van der Waals surface area contributed by atoms with Crippen LogP contribution in [0.25, 0.3) is 27.7 Å². The molecule has 0 aliphatic heterocycles. The lowest BCUT2D eigenvalue weighted by Crippen LogP contribution is -2.04. The summed E-state index contributed by atoms with van der Waals surface area (Å²) in [6, 6.07) is 14.6. The molecule has 0 saturated carbocycles. The van der Waals surface area contributed by atoms with E-state index in [-0.39, 0.29) is 6.04 Å². The van der Waals surface area contributed by atoms with Crippen molar-refractivity contribution in [3.63, 3.8) is 0 Å². The number of rotatable bonds is 4. The summed E-state index contributed by atoms with van der Waals surface area (Å²) in [6.07, 6.45) is 1.99. The number of hydrogen-bond donors (Lipinski definition) is 1. The van der Waals surface area contributed by atoms with Crippen LogP contribution in [0.2, 0.25) is 0 Å². The lowest BCUT2D eigenvalue weighted by Gasteiger charge is -2.13. The van der Waals surface area contributed by atoms with Crippen molar-refractivity contribution in [3.05, 3.63) is 59.9 Å². The molecule has 0 saturated heterocycles. The second kappa shape index (κ2) is 6.82. The molecule has 1 N–H and O–H groups in total. The Morgan fingerprint density at radius 3 is 2.46 bits per heavy atom. The van der Waals surface area contributed by atoms with E-state index in [0.717, 1.165) is 33.4 Å². The van der Waals surface area contributed by atoms with Crippen molar-refractivity contribution in [1.29, 1.82) is 0 Å².